The van der Waals surface area contributed by atoms with Crippen LogP contribution in [0.2, 0.25) is 0 Å². The molecular formula is C17H26N2O3. The molecule has 1 aromatic carbocycles. The van der Waals surface area contributed by atoms with Crippen molar-refractivity contribution in [2.24, 2.45) is 0 Å². The van der Waals surface area contributed by atoms with Crippen molar-refractivity contribution in [1.82, 2.24) is 5.32 Å². The molecule has 0 spiro atoms. The fourth-order valence-electron chi connectivity index (χ4n) is 2.50. The molecule has 5 nitrogen and oxygen atoms in total. The van der Waals surface area contributed by atoms with Gasteiger partial charge < -0.3 is 20.5 Å². The zero-order chi connectivity index (χ0) is 15.8. The lowest BCUT2D eigenvalue weighted by Gasteiger charge is -2.32. The monoisotopic (exact) mass is 306 g/mol. The van der Waals surface area contributed by atoms with Gasteiger partial charge in [-0.15, -0.1) is 0 Å². The van der Waals surface area contributed by atoms with E-state index in [0.29, 0.717) is 31.6 Å². The molecule has 3 N–H and O–H groups in total. The van der Waals surface area contributed by atoms with E-state index in [9.17, 15) is 9.90 Å². The second kappa shape index (κ2) is 8.15. The quantitative estimate of drug-likeness (QED) is 0.675. The SMILES string of the molecule is CCCCNc1ccccc1C(=O)NCC1(O)CCOCC1. The Labute approximate surface area is 132 Å². The molecule has 1 fully saturated rings. The molecule has 22 heavy (non-hydrogen) atoms. The Balaban J connectivity index is 1.94. The smallest absolute Gasteiger partial charge is 0.253 e. The third-order valence-corrected chi connectivity index (χ3v) is 4.02. The third-order valence-electron chi connectivity index (χ3n) is 4.02. The molecule has 1 aliphatic heterocycles. The number of carbonyl (C=O) groups excluding carboxylic acids is 1. The van der Waals surface area contributed by atoms with Crippen LogP contribution in [-0.2, 0) is 4.74 Å². The van der Waals surface area contributed by atoms with E-state index < -0.39 is 5.60 Å². The van der Waals surface area contributed by atoms with E-state index in [4.69, 9.17) is 4.74 Å². The van der Waals surface area contributed by atoms with Gasteiger partial charge in [-0.3, -0.25) is 4.79 Å². The first-order chi connectivity index (χ1) is 10.6. The van der Waals surface area contributed by atoms with Crippen molar-refractivity contribution < 1.29 is 14.6 Å². The number of amides is 1. The number of hydrogen-bond donors (Lipinski definition) is 3. The van der Waals surface area contributed by atoms with Gasteiger partial charge in [-0.05, 0) is 18.6 Å². The van der Waals surface area contributed by atoms with Gasteiger partial charge in [-0.25, -0.2) is 0 Å². The number of ether oxygens (including phenoxy) is 1. The maximum absolute atomic E-state index is 12.4. The highest BCUT2D eigenvalue weighted by atomic mass is 16.5. The summed E-state index contributed by atoms with van der Waals surface area (Å²) in [4.78, 5) is 12.4. The Kier molecular flexibility index (Phi) is 6.21. The summed E-state index contributed by atoms with van der Waals surface area (Å²) in [5.74, 6) is -0.153. The van der Waals surface area contributed by atoms with E-state index in [1.165, 1.54) is 0 Å². The van der Waals surface area contributed by atoms with Crippen LogP contribution in [0.25, 0.3) is 0 Å². The van der Waals surface area contributed by atoms with E-state index in [2.05, 4.69) is 17.6 Å². The van der Waals surface area contributed by atoms with Crippen molar-refractivity contribution in [2.75, 3.05) is 31.6 Å². The van der Waals surface area contributed by atoms with E-state index in [-0.39, 0.29) is 12.5 Å². The Bertz CT molecular complexity index is 485. The van der Waals surface area contributed by atoms with Gasteiger partial charge in [0.2, 0.25) is 0 Å². The van der Waals surface area contributed by atoms with E-state index >= 15 is 0 Å². The highest BCUT2D eigenvalue weighted by Gasteiger charge is 2.30. The Morgan fingerprint density at radius 3 is 2.77 bits per heavy atom. The largest absolute Gasteiger partial charge is 0.388 e. The van der Waals surface area contributed by atoms with Crippen LogP contribution in [0.15, 0.2) is 24.3 Å². The zero-order valence-electron chi connectivity index (χ0n) is 13.2. The number of carbonyl (C=O) groups is 1. The van der Waals surface area contributed by atoms with Crippen LogP contribution in [0.3, 0.4) is 0 Å². The highest BCUT2D eigenvalue weighted by Crippen LogP contribution is 2.20. The molecule has 2 rings (SSSR count). The average molecular weight is 306 g/mol. The second-order valence-electron chi connectivity index (χ2n) is 5.85. The summed E-state index contributed by atoms with van der Waals surface area (Å²) in [6, 6.07) is 7.48. The molecule has 0 unspecified atom stereocenters. The van der Waals surface area contributed by atoms with E-state index in [1.54, 1.807) is 6.07 Å². The highest BCUT2D eigenvalue weighted by molar-refractivity contribution is 5.99. The predicted octanol–water partition coefficient (Wildman–Crippen LogP) is 2.17. The minimum Gasteiger partial charge on any atom is -0.388 e. The van der Waals surface area contributed by atoms with Crippen molar-refractivity contribution in [3.63, 3.8) is 0 Å². The summed E-state index contributed by atoms with van der Waals surface area (Å²) in [6.07, 6.45) is 3.29. The first kappa shape index (κ1) is 16.8. The second-order valence-corrected chi connectivity index (χ2v) is 5.85. The molecule has 1 aliphatic rings. The van der Waals surface area contributed by atoms with Crippen LogP contribution < -0.4 is 10.6 Å². The van der Waals surface area contributed by atoms with Crippen LogP contribution in [0.4, 0.5) is 5.69 Å². The predicted molar refractivity (Wildman–Crippen MR) is 87.2 cm³/mol. The number of hydrogen-bond acceptors (Lipinski definition) is 4. The first-order valence-electron chi connectivity index (χ1n) is 8.06. The lowest BCUT2D eigenvalue weighted by molar-refractivity contribution is -0.0605. The van der Waals surface area contributed by atoms with Crippen molar-refractivity contribution in [1.29, 1.82) is 0 Å². The number of unbranched alkanes of at least 4 members (excludes halogenated alkanes) is 1. The summed E-state index contributed by atoms with van der Waals surface area (Å²) in [7, 11) is 0. The van der Waals surface area contributed by atoms with Gasteiger partial charge in [-0.2, -0.15) is 0 Å². The number of anilines is 1. The Morgan fingerprint density at radius 2 is 2.05 bits per heavy atom. The lowest BCUT2D eigenvalue weighted by atomic mass is 9.94. The summed E-state index contributed by atoms with van der Waals surface area (Å²) < 4.78 is 5.25. The van der Waals surface area contributed by atoms with Gasteiger partial charge in [-0.1, -0.05) is 25.5 Å². The minimum atomic E-state index is -0.849. The maximum Gasteiger partial charge on any atom is 0.253 e. The third kappa shape index (κ3) is 4.71. The summed E-state index contributed by atoms with van der Waals surface area (Å²) >= 11 is 0. The molecule has 1 aromatic rings. The fourth-order valence-corrected chi connectivity index (χ4v) is 2.50. The number of para-hydroxylation sites is 1. The van der Waals surface area contributed by atoms with E-state index in [1.807, 2.05) is 18.2 Å². The van der Waals surface area contributed by atoms with Crippen molar-refractivity contribution in [3.8, 4) is 0 Å². The van der Waals surface area contributed by atoms with Gasteiger partial charge in [0.25, 0.3) is 5.91 Å². The normalized spacial score (nSPS) is 17.0. The van der Waals surface area contributed by atoms with Gasteiger partial charge >= 0.3 is 0 Å². The first-order valence-corrected chi connectivity index (χ1v) is 8.06. The molecule has 122 valence electrons. The topological polar surface area (TPSA) is 70.6 Å². The van der Waals surface area contributed by atoms with Crippen molar-refractivity contribution >= 4 is 11.6 Å². The standard InChI is InChI=1S/C17H26N2O3/c1-2-3-10-18-15-7-5-4-6-14(15)16(20)19-13-17(21)8-11-22-12-9-17/h4-7,18,21H,2-3,8-13H2,1H3,(H,19,20). The molecule has 0 bridgehead atoms. The van der Waals surface area contributed by atoms with Crippen LogP contribution in [0, 0.1) is 0 Å². The number of nitrogens with one attached hydrogen (secondary N) is 2. The molecule has 1 saturated heterocycles. The summed E-state index contributed by atoms with van der Waals surface area (Å²) in [5.41, 5.74) is 0.611. The lowest BCUT2D eigenvalue weighted by Crippen LogP contribution is -2.46. The molecule has 0 aromatic heterocycles. The van der Waals surface area contributed by atoms with Crippen LogP contribution in [0.1, 0.15) is 43.0 Å². The molecule has 0 atom stereocenters. The average Bonchev–Trinajstić information content (AvgIpc) is 2.54. The Hall–Kier alpha value is -1.59. The zero-order valence-corrected chi connectivity index (χ0v) is 13.2. The molecule has 0 radical (unpaired) electrons. The molecular weight excluding hydrogens is 280 g/mol. The molecule has 0 aliphatic carbocycles. The number of rotatable bonds is 7. The van der Waals surface area contributed by atoms with Gasteiger partial charge in [0, 0.05) is 44.8 Å². The number of aliphatic hydroxyl groups is 1. The summed E-state index contributed by atoms with van der Waals surface area (Å²) in [5, 5.41) is 16.6. The summed E-state index contributed by atoms with van der Waals surface area (Å²) in [6.45, 7) is 4.33. The van der Waals surface area contributed by atoms with Gasteiger partial charge in [0.15, 0.2) is 0 Å². The molecule has 1 amide bonds. The van der Waals surface area contributed by atoms with Gasteiger partial charge in [0.1, 0.15) is 0 Å². The maximum atomic E-state index is 12.4. The van der Waals surface area contributed by atoms with Gasteiger partial charge in [0.05, 0.1) is 11.2 Å². The molecule has 0 saturated carbocycles. The fraction of sp³-hybridized carbons (Fsp3) is 0.588. The number of benzene rings is 1. The van der Waals surface area contributed by atoms with Crippen LogP contribution in [-0.4, -0.2) is 42.9 Å². The van der Waals surface area contributed by atoms with Crippen LogP contribution >= 0.6 is 0 Å². The van der Waals surface area contributed by atoms with E-state index in [0.717, 1.165) is 25.1 Å². The Morgan fingerprint density at radius 1 is 1.32 bits per heavy atom. The van der Waals surface area contributed by atoms with Crippen molar-refractivity contribution in [3.05, 3.63) is 29.8 Å². The molecule has 1 heterocycles. The van der Waals surface area contributed by atoms with Crippen LogP contribution in [0.5, 0.6) is 0 Å². The van der Waals surface area contributed by atoms with Crippen molar-refractivity contribution in [2.45, 2.75) is 38.2 Å². The minimum absolute atomic E-state index is 0.153. The molecule has 5 heteroatoms.